The first-order chi connectivity index (χ1) is 15.2. The Morgan fingerprint density at radius 3 is 2.55 bits per heavy atom. The number of para-hydroxylation sites is 1. The molecule has 0 aliphatic carbocycles. The second-order valence-corrected chi connectivity index (χ2v) is 6.78. The topological polar surface area (TPSA) is 125 Å². The van der Waals surface area contributed by atoms with Crippen LogP contribution in [0.3, 0.4) is 0 Å². The molecular weight excluding hydrogens is 396 g/mol. The molecule has 5 rings (SSSR count). The number of aromatic nitrogens is 3. The Morgan fingerprint density at radius 1 is 0.903 bits per heavy atom. The lowest BCUT2D eigenvalue weighted by atomic mass is 10.0. The van der Waals surface area contributed by atoms with E-state index in [-0.39, 0.29) is 23.4 Å². The number of aromatic amines is 1. The Kier molecular flexibility index (Phi) is 4.60. The van der Waals surface area contributed by atoms with E-state index < -0.39 is 6.17 Å². The van der Waals surface area contributed by atoms with Crippen molar-refractivity contribution in [3.05, 3.63) is 94.4 Å². The smallest absolute Gasteiger partial charge is 0.317 e. The lowest BCUT2D eigenvalue weighted by molar-refractivity contribution is -0.116. The first-order valence-corrected chi connectivity index (χ1v) is 9.50. The average Bonchev–Trinajstić information content (AvgIpc) is 3.21. The van der Waals surface area contributed by atoms with Gasteiger partial charge in [-0.05, 0) is 12.1 Å². The predicted octanol–water partition coefficient (Wildman–Crippen LogP) is 2.65. The Labute approximate surface area is 175 Å². The molecule has 2 aromatic heterocycles. The van der Waals surface area contributed by atoms with Crippen molar-refractivity contribution in [1.29, 1.82) is 0 Å². The summed E-state index contributed by atoms with van der Waals surface area (Å²) in [7, 11) is 0. The quantitative estimate of drug-likeness (QED) is 0.473. The van der Waals surface area contributed by atoms with Gasteiger partial charge in [0.15, 0.2) is 0 Å². The van der Waals surface area contributed by atoms with E-state index in [1.54, 1.807) is 6.07 Å². The van der Waals surface area contributed by atoms with E-state index in [9.17, 15) is 9.59 Å². The molecule has 1 amide bonds. The molecule has 0 fully saturated rings. The monoisotopic (exact) mass is 412 g/mol. The van der Waals surface area contributed by atoms with E-state index in [4.69, 9.17) is 4.42 Å². The van der Waals surface area contributed by atoms with Gasteiger partial charge in [0.1, 0.15) is 0 Å². The fourth-order valence-corrected chi connectivity index (χ4v) is 3.27. The van der Waals surface area contributed by atoms with Crippen LogP contribution in [-0.4, -0.2) is 33.0 Å². The van der Waals surface area contributed by atoms with Crippen molar-refractivity contribution in [2.24, 2.45) is 4.99 Å². The number of aliphatic imine (C=N–C) groups is 1. The van der Waals surface area contributed by atoms with Gasteiger partial charge in [0, 0.05) is 29.0 Å². The Hall–Kier alpha value is -4.53. The highest BCUT2D eigenvalue weighted by Gasteiger charge is 2.27. The third-order valence-corrected chi connectivity index (χ3v) is 4.70. The first-order valence-electron chi connectivity index (χ1n) is 9.50. The maximum Gasteiger partial charge on any atom is 0.317 e. The molecule has 2 aromatic carbocycles. The second-order valence-electron chi connectivity index (χ2n) is 6.78. The zero-order valence-corrected chi connectivity index (χ0v) is 16.1. The van der Waals surface area contributed by atoms with Crippen molar-refractivity contribution in [3.63, 3.8) is 0 Å². The van der Waals surface area contributed by atoms with Crippen LogP contribution in [-0.2, 0) is 4.79 Å². The van der Waals surface area contributed by atoms with Crippen LogP contribution in [0.25, 0.3) is 11.5 Å². The number of H-pyrrole nitrogens is 1. The van der Waals surface area contributed by atoms with E-state index in [1.807, 2.05) is 54.6 Å². The number of carbonyl (C=O) groups is 1. The molecule has 0 saturated heterocycles. The average molecular weight is 412 g/mol. The SMILES string of the molecule is O=C1Nc2ccccc2C(c2ccccc2)=N[C@@H]1Nc1nnc(-c2cc[nH]c(=O)c2)o1. The Bertz CT molecular complexity index is 1340. The van der Waals surface area contributed by atoms with E-state index in [0.717, 1.165) is 11.1 Å². The van der Waals surface area contributed by atoms with Gasteiger partial charge in [0.25, 0.3) is 5.91 Å². The number of benzodiazepines with no additional fused rings is 1. The molecule has 9 nitrogen and oxygen atoms in total. The highest BCUT2D eigenvalue weighted by Crippen LogP contribution is 2.25. The summed E-state index contributed by atoms with van der Waals surface area (Å²) in [5.41, 5.74) is 3.17. The largest absolute Gasteiger partial charge is 0.403 e. The molecule has 0 radical (unpaired) electrons. The number of benzene rings is 2. The number of anilines is 2. The fraction of sp³-hybridized carbons (Fsp3) is 0.0455. The molecule has 0 spiro atoms. The van der Waals surface area contributed by atoms with Crippen molar-refractivity contribution in [1.82, 2.24) is 15.2 Å². The van der Waals surface area contributed by atoms with Crippen molar-refractivity contribution in [2.45, 2.75) is 6.17 Å². The number of carbonyl (C=O) groups excluding carboxylic acids is 1. The summed E-state index contributed by atoms with van der Waals surface area (Å²) in [6, 6.07) is 20.1. The summed E-state index contributed by atoms with van der Waals surface area (Å²) in [6.07, 6.45) is 0.483. The highest BCUT2D eigenvalue weighted by molar-refractivity contribution is 6.19. The number of hydrogen-bond acceptors (Lipinski definition) is 7. The highest BCUT2D eigenvalue weighted by atomic mass is 16.4. The van der Waals surface area contributed by atoms with Crippen LogP contribution in [0.4, 0.5) is 11.7 Å². The fourth-order valence-electron chi connectivity index (χ4n) is 3.27. The minimum atomic E-state index is -1.00. The molecule has 4 aromatic rings. The predicted molar refractivity (Wildman–Crippen MR) is 115 cm³/mol. The normalized spacial score (nSPS) is 15.4. The third kappa shape index (κ3) is 3.71. The molecule has 1 aliphatic heterocycles. The van der Waals surface area contributed by atoms with Crippen LogP contribution in [0.2, 0.25) is 0 Å². The number of pyridine rings is 1. The Balaban J connectivity index is 1.51. The van der Waals surface area contributed by atoms with Crippen LogP contribution in [0.1, 0.15) is 11.1 Å². The van der Waals surface area contributed by atoms with Gasteiger partial charge in [-0.15, -0.1) is 5.10 Å². The number of hydrogen-bond donors (Lipinski definition) is 3. The van der Waals surface area contributed by atoms with Gasteiger partial charge in [0.05, 0.1) is 11.4 Å². The second kappa shape index (κ2) is 7.71. The summed E-state index contributed by atoms with van der Waals surface area (Å²) < 4.78 is 5.60. The molecule has 3 heterocycles. The first kappa shape index (κ1) is 18.5. The summed E-state index contributed by atoms with van der Waals surface area (Å²) in [4.78, 5) is 31.6. The van der Waals surface area contributed by atoms with Crippen LogP contribution in [0, 0.1) is 0 Å². The van der Waals surface area contributed by atoms with Gasteiger partial charge in [-0.1, -0.05) is 53.6 Å². The van der Waals surface area contributed by atoms with Gasteiger partial charge in [-0.2, -0.15) is 0 Å². The molecule has 1 aliphatic rings. The van der Waals surface area contributed by atoms with Gasteiger partial charge >= 0.3 is 6.01 Å². The lowest BCUT2D eigenvalue weighted by Crippen LogP contribution is -2.32. The minimum absolute atomic E-state index is 0.0116. The lowest BCUT2D eigenvalue weighted by Gasteiger charge is -2.11. The Morgan fingerprint density at radius 2 is 1.71 bits per heavy atom. The molecule has 1 atom stereocenters. The van der Waals surface area contributed by atoms with Crippen LogP contribution >= 0.6 is 0 Å². The minimum Gasteiger partial charge on any atom is -0.403 e. The number of nitrogens with one attached hydrogen (secondary N) is 3. The number of rotatable bonds is 4. The third-order valence-electron chi connectivity index (χ3n) is 4.70. The van der Waals surface area contributed by atoms with Crippen molar-refractivity contribution < 1.29 is 9.21 Å². The van der Waals surface area contributed by atoms with E-state index >= 15 is 0 Å². The van der Waals surface area contributed by atoms with Crippen molar-refractivity contribution in [2.75, 3.05) is 10.6 Å². The molecule has 9 heteroatoms. The summed E-state index contributed by atoms with van der Waals surface area (Å²) >= 11 is 0. The maximum atomic E-state index is 12.9. The van der Waals surface area contributed by atoms with Gasteiger partial charge in [-0.25, -0.2) is 4.99 Å². The summed E-state index contributed by atoms with van der Waals surface area (Å²) in [5, 5.41) is 13.7. The van der Waals surface area contributed by atoms with Crippen molar-refractivity contribution in [3.8, 4) is 11.5 Å². The van der Waals surface area contributed by atoms with E-state index in [1.165, 1.54) is 12.3 Å². The van der Waals surface area contributed by atoms with Crippen LogP contribution in [0.15, 0.2) is 87.1 Å². The molecule has 0 bridgehead atoms. The van der Waals surface area contributed by atoms with E-state index in [0.29, 0.717) is 17.0 Å². The molecule has 3 N–H and O–H groups in total. The molecule has 0 saturated carbocycles. The maximum absolute atomic E-state index is 12.9. The standard InChI is InChI=1S/C22H16N6O3/c29-17-12-14(10-11-23-17)21-27-28-22(31-21)26-19-20(30)24-16-9-5-4-8-15(16)18(25-19)13-6-2-1-3-7-13/h1-12,19H,(H,23,29)(H,24,30)(H,26,28)/t19-/m1/s1. The number of nitrogens with zero attached hydrogens (tertiary/aromatic N) is 3. The van der Waals surface area contributed by atoms with Gasteiger partial charge < -0.3 is 20.0 Å². The zero-order chi connectivity index (χ0) is 21.2. The summed E-state index contributed by atoms with van der Waals surface area (Å²) in [6.45, 7) is 0. The van der Waals surface area contributed by atoms with Crippen LogP contribution in [0.5, 0.6) is 0 Å². The van der Waals surface area contributed by atoms with Gasteiger partial charge in [0.2, 0.25) is 17.6 Å². The summed E-state index contributed by atoms with van der Waals surface area (Å²) in [5.74, 6) is -0.215. The number of amides is 1. The molecule has 31 heavy (non-hydrogen) atoms. The molecule has 152 valence electrons. The van der Waals surface area contributed by atoms with Gasteiger partial charge in [-0.3, -0.25) is 9.59 Å². The molecular formula is C22H16N6O3. The number of fused-ring (bicyclic) bond motifs is 1. The zero-order valence-electron chi connectivity index (χ0n) is 16.1. The van der Waals surface area contributed by atoms with E-state index in [2.05, 4.69) is 30.8 Å². The van der Waals surface area contributed by atoms with Crippen LogP contribution < -0.4 is 16.2 Å². The van der Waals surface area contributed by atoms with Crippen molar-refractivity contribution >= 4 is 23.3 Å². The molecule has 0 unspecified atom stereocenters.